The minimum atomic E-state index is -3.80. The van der Waals surface area contributed by atoms with Crippen LogP contribution in [0.2, 0.25) is 10.0 Å². The summed E-state index contributed by atoms with van der Waals surface area (Å²) in [5, 5.41) is 4.43. The molecule has 0 heterocycles. The zero-order valence-corrected chi connectivity index (χ0v) is 18.1. The molecule has 28 heavy (non-hydrogen) atoms. The second-order valence-corrected chi connectivity index (χ2v) is 8.75. The van der Waals surface area contributed by atoms with E-state index in [2.05, 4.69) is 9.93 Å². The fourth-order valence-corrected chi connectivity index (χ4v) is 3.55. The molecule has 0 atom stereocenters. The van der Waals surface area contributed by atoms with Crippen molar-refractivity contribution < 1.29 is 17.9 Å². The number of ether oxygens (including phenoxy) is 2. The van der Waals surface area contributed by atoms with Gasteiger partial charge in [-0.1, -0.05) is 37.0 Å². The van der Waals surface area contributed by atoms with Gasteiger partial charge in [-0.3, -0.25) is 0 Å². The van der Waals surface area contributed by atoms with Gasteiger partial charge < -0.3 is 9.47 Å². The SMILES string of the molecule is CCOc1ccc(S(=O)(=O)N/N=C/c2cc(Cl)c(OCC(C)C)c(Cl)c2)cc1. The summed E-state index contributed by atoms with van der Waals surface area (Å²) in [4.78, 5) is 2.22. The third-order valence-corrected chi connectivity index (χ3v) is 5.21. The first-order valence-corrected chi connectivity index (χ1v) is 10.9. The molecule has 0 spiro atoms. The Kier molecular flexibility index (Phi) is 7.98. The van der Waals surface area contributed by atoms with Gasteiger partial charge in [0.05, 0.1) is 34.4 Å². The Morgan fingerprint density at radius 3 is 2.25 bits per heavy atom. The van der Waals surface area contributed by atoms with Crippen LogP contribution in [0.1, 0.15) is 26.3 Å². The van der Waals surface area contributed by atoms with E-state index in [9.17, 15) is 8.42 Å². The van der Waals surface area contributed by atoms with Gasteiger partial charge in [0.25, 0.3) is 10.0 Å². The first-order chi connectivity index (χ1) is 13.2. The smallest absolute Gasteiger partial charge is 0.276 e. The van der Waals surface area contributed by atoms with Crippen molar-refractivity contribution in [2.75, 3.05) is 13.2 Å². The minimum Gasteiger partial charge on any atom is -0.494 e. The first kappa shape index (κ1) is 22.3. The number of rotatable bonds is 9. The molecule has 0 bridgehead atoms. The predicted octanol–water partition coefficient (Wildman–Crippen LogP) is 4.74. The maximum atomic E-state index is 12.3. The highest BCUT2D eigenvalue weighted by atomic mass is 35.5. The van der Waals surface area contributed by atoms with Crippen molar-refractivity contribution in [1.29, 1.82) is 0 Å². The van der Waals surface area contributed by atoms with Gasteiger partial charge in [0.1, 0.15) is 5.75 Å². The van der Waals surface area contributed by atoms with E-state index >= 15 is 0 Å². The second kappa shape index (κ2) is 10.0. The second-order valence-electron chi connectivity index (χ2n) is 6.28. The van der Waals surface area contributed by atoms with Gasteiger partial charge in [-0.15, -0.1) is 0 Å². The number of benzene rings is 2. The average Bonchev–Trinajstić information content (AvgIpc) is 2.61. The zero-order chi connectivity index (χ0) is 20.7. The molecule has 2 rings (SSSR count). The third kappa shape index (κ3) is 6.29. The van der Waals surface area contributed by atoms with Crippen LogP contribution >= 0.6 is 23.2 Å². The molecule has 0 aliphatic heterocycles. The molecular formula is C19H22Cl2N2O4S. The zero-order valence-electron chi connectivity index (χ0n) is 15.8. The number of sulfonamides is 1. The van der Waals surface area contributed by atoms with Crippen LogP contribution in [0.25, 0.3) is 0 Å². The van der Waals surface area contributed by atoms with Gasteiger partial charge >= 0.3 is 0 Å². The van der Waals surface area contributed by atoms with Crippen LogP contribution < -0.4 is 14.3 Å². The highest BCUT2D eigenvalue weighted by Gasteiger charge is 2.13. The lowest BCUT2D eigenvalue weighted by Crippen LogP contribution is -2.18. The van der Waals surface area contributed by atoms with Gasteiger partial charge in [-0.05, 0) is 54.8 Å². The van der Waals surface area contributed by atoms with E-state index in [4.69, 9.17) is 32.7 Å². The quantitative estimate of drug-likeness (QED) is 0.447. The first-order valence-electron chi connectivity index (χ1n) is 8.62. The molecule has 2 aromatic carbocycles. The number of hydrogen-bond acceptors (Lipinski definition) is 5. The lowest BCUT2D eigenvalue weighted by atomic mass is 10.2. The van der Waals surface area contributed by atoms with Crippen LogP contribution in [0.5, 0.6) is 11.5 Å². The standard InChI is InChI=1S/C19H22Cl2N2O4S/c1-4-26-15-5-7-16(8-6-15)28(24,25)23-22-11-14-9-17(20)19(18(21)10-14)27-12-13(2)3/h5-11,13,23H,4,12H2,1-3H3/b22-11+. The average molecular weight is 445 g/mol. The molecule has 6 nitrogen and oxygen atoms in total. The number of nitrogens with zero attached hydrogens (tertiary/aromatic N) is 1. The number of halogens is 2. The Morgan fingerprint density at radius 2 is 1.71 bits per heavy atom. The Bertz CT molecular complexity index is 906. The third-order valence-electron chi connectivity index (χ3n) is 3.41. The maximum absolute atomic E-state index is 12.3. The van der Waals surface area contributed by atoms with Crippen molar-refractivity contribution in [2.45, 2.75) is 25.7 Å². The maximum Gasteiger partial charge on any atom is 0.276 e. The van der Waals surface area contributed by atoms with Gasteiger partial charge in [-0.2, -0.15) is 13.5 Å². The summed E-state index contributed by atoms with van der Waals surface area (Å²) < 4.78 is 35.5. The van der Waals surface area contributed by atoms with Gasteiger partial charge in [-0.25, -0.2) is 4.83 Å². The molecule has 0 saturated heterocycles. The normalized spacial score (nSPS) is 11.8. The summed E-state index contributed by atoms with van der Waals surface area (Å²) in [5.74, 6) is 1.31. The lowest BCUT2D eigenvalue weighted by molar-refractivity contribution is 0.271. The van der Waals surface area contributed by atoms with E-state index < -0.39 is 10.0 Å². The van der Waals surface area contributed by atoms with Gasteiger partial charge in [0.2, 0.25) is 0 Å². The molecule has 0 aliphatic rings. The summed E-state index contributed by atoms with van der Waals surface area (Å²) in [7, 11) is -3.80. The summed E-state index contributed by atoms with van der Waals surface area (Å²) in [6.45, 7) is 6.86. The van der Waals surface area contributed by atoms with Crippen molar-refractivity contribution in [2.24, 2.45) is 11.0 Å². The number of nitrogens with one attached hydrogen (secondary N) is 1. The molecule has 9 heteroatoms. The Balaban J connectivity index is 2.08. The predicted molar refractivity (Wildman–Crippen MR) is 112 cm³/mol. The minimum absolute atomic E-state index is 0.0709. The van der Waals surface area contributed by atoms with Crippen molar-refractivity contribution in [3.05, 3.63) is 52.0 Å². The molecule has 152 valence electrons. The van der Waals surface area contributed by atoms with E-state index in [1.54, 1.807) is 24.3 Å². The largest absolute Gasteiger partial charge is 0.494 e. The van der Waals surface area contributed by atoms with Crippen LogP contribution in [0, 0.1) is 5.92 Å². The molecular weight excluding hydrogens is 423 g/mol. The fraction of sp³-hybridized carbons (Fsp3) is 0.316. The number of hydrogen-bond donors (Lipinski definition) is 1. The van der Waals surface area contributed by atoms with Crippen molar-refractivity contribution in [3.63, 3.8) is 0 Å². The topological polar surface area (TPSA) is 77.0 Å². The van der Waals surface area contributed by atoms with Crippen molar-refractivity contribution in [3.8, 4) is 11.5 Å². The summed E-state index contributed by atoms with van der Waals surface area (Å²) in [5.41, 5.74) is 0.529. The summed E-state index contributed by atoms with van der Waals surface area (Å²) in [6.07, 6.45) is 1.32. The molecule has 0 unspecified atom stereocenters. The fourth-order valence-electron chi connectivity index (χ4n) is 2.15. The summed E-state index contributed by atoms with van der Waals surface area (Å²) >= 11 is 12.4. The highest BCUT2D eigenvalue weighted by molar-refractivity contribution is 7.89. The van der Waals surface area contributed by atoms with Crippen molar-refractivity contribution >= 4 is 39.4 Å². The molecule has 0 aromatic heterocycles. The van der Waals surface area contributed by atoms with E-state index in [-0.39, 0.29) is 4.90 Å². The van der Waals surface area contributed by atoms with Crippen LogP contribution in [0.4, 0.5) is 0 Å². The van der Waals surface area contributed by atoms with Crippen LogP contribution in [-0.2, 0) is 10.0 Å². The number of hydrazone groups is 1. The summed E-state index contributed by atoms with van der Waals surface area (Å²) in [6, 6.07) is 9.23. The van der Waals surface area contributed by atoms with E-state index in [0.29, 0.717) is 46.2 Å². The molecule has 0 fully saturated rings. The van der Waals surface area contributed by atoms with E-state index in [0.717, 1.165) is 0 Å². The van der Waals surface area contributed by atoms with Crippen LogP contribution in [0.3, 0.4) is 0 Å². The van der Waals surface area contributed by atoms with E-state index in [1.165, 1.54) is 18.3 Å². The monoisotopic (exact) mass is 444 g/mol. The molecule has 0 amide bonds. The van der Waals surface area contributed by atoms with Crippen LogP contribution in [-0.4, -0.2) is 27.8 Å². The molecule has 0 aliphatic carbocycles. The van der Waals surface area contributed by atoms with Crippen molar-refractivity contribution in [1.82, 2.24) is 4.83 Å². The Hall–Kier alpha value is -1.96. The Labute approximate surface area is 175 Å². The molecule has 0 saturated carbocycles. The van der Waals surface area contributed by atoms with Gasteiger partial charge in [0.15, 0.2) is 5.75 Å². The molecule has 0 radical (unpaired) electrons. The highest BCUT2D eigenvalue weighted by Crippen LogP contribution is 2.34. The molecule has 1 N–H and O–H groups in total. The van der Waals surface area contributed by atoms with Gasteiger partial charge in [0, 0.05) is 0 Å². The molecule has 2 aromatic rings. The van der Waals surface area contributed by atoms with Crippen LogP contribution in [0.15, 0.2) is 46.4 Å². The lowest BCUT2D eigenvalue weighted by Gasteiger charge is -2.12. The van der Waals surface area contributed by atoms with E-state index in [1.807, 2.05) is 20.8 Å². The Morgan fingerprint density at radius 1 is 1.11 bits per heavy atom.